The maximum atomic E-state index is 13.1. The number of ether oxygens (including phenoxy) is 2. The Morgan fingerprint density at radius 1 is 1.14 bits per heavy atom. The number of methoxy groups -OCH3 is 1. The highest BCUT2D eigenvalue weighted by Crippen LogP contribution is 2.45. The third kappa shape index (κ3) is 3.97. The summed E-state index contributed by atoms with van der Waals surface area (Å²) >= 11 is 12.4. The monoisotopic (exact) mass is 507 g/mol. The maximum Gasteiger partial charge on any atom is 0.344 e. The van der Waals surface area contributed by atoms with E-state index in [1.165, 1.54) is 19.4 Å². The van der Waals surface area contributed by atoms with Gasteiger partial charge in [0.25, 0.3) is 0 Å². The third-order valence-corrected chi connectivity index (χ3v) is 6.16. The minimum atomic E-state index is -0.835. The molecule has 1 unspecified atom stereocenters. The Bertz CT molecular complexity index is 1610. The normalized spacial score (nSPS) is 14.5. The van der Waals surface area contributed by atoms with Crippen LogP contribution in [0, 0.1) is 11.3 Å². The average molecular weight is 508 g/mol. The van der Waals surface area contributed by atoms with Gasteiger partial charge in [0, 0.05) is 17.3 Å². The van der Waals surface area contributed by atoms with Gasteiger partial charge in [0.1, 0.15) is 28.1 Å². The molecule has 2 aromatic heterocycles. The first-order valence-electron chi connectivity index (χ1n) is 10.1. The number of nitrogens with two attached hydrogens (primary N) is 1. The predicted octanol–water partition coefficient (Wildman–Crippen LogP) is 6.02. The van der Waals surface area contributed by atoms with E-state index >= 15 is 0 Å². The summed E-state index contributed by atoms with van der Waals surface area (Å²) in [6.45, 7) is 0. The van der Waals surface area contributed by atoms with E-state index in [1.807, 2.05) is 0 Å². The molecular weight excluding hydrogens is 489 g/mol. The Labute approximate surface area is 210 Å². The fourth-order valence-corrected chi connectivity index (χ4v) is 4.59. The maximum absolute atomic E-state index is 13.1. The molecule has 0 saturated carbocycles. The number of rotatable bonds is 3. The molecule has 0 bridgehead atoms. The molecule has 2 aromatic carbocycles. The number of nitriles is 1. The molecule has 35 heavy (non-hydrogen) atoms. The lowest BCUT2D eigenvalue weighted by molar-refractivity contribution is 0.388. The van der Waals surface area contributed by atoms with Crippen LogP contribution < -0.4 is 20.8 Å². The Kier molecular flexibility index (Phi) is 6.44. The van der Waals surface area contributed by atoms with Crippen molar-refractivity contribution in [2.24, 2.45) is 5.73 Å². The number of para-hydroxylation sites is 1. The van der Waals surface area contributed by atoms with Crippen LogP contribution in [0.25, 0.3) is 22.1 Å². The lowest BCUT2D eigenvalue weighted by Gasteiger charge is -2.26. The van der Waals surface area contributed by atoms with Gasteiger partial charge in [-0.1, -0.05) is 48.8 Å². The summed E-state index contributed by atoms with van der Waals surface area (Å²) in [5.41, 5.74) is 7.91. The summed E-state index contributed by atoms with van der Waals surface area (Å²) in [6.07, 6.45) is 1.53. The molecule has 0 amide bonds. The summed E-state index contributed by atoms with van der Waals surface area (Å²) < 4.78 is 16.9. The second-order valence-electron chi connectivity index (χ2n) is 7.50. The lowest BCUT2D eigenvalue weighted by Crippen LogP contribution is -2.26. The highest BCUT2D eigenvalue weighted by Gasteiger charge is 2.36. The van der Waals surface area contributed by atoms with Crippen molar-refractivity contribution in [2.45, 2.75) is 13.3 Å². The molecule has 0 fully saturated rings. The van der Waals surface area contributed by atoms with Gasteiger partial charge in [0.15, 0.2) is 5.75 Å². The molecule has 7 nitrogen and oxygen atoms in total. The zero-order valence-corrected chi connectivity index (χ0v) is 19.1. The lowest BCUT2D eigenvalue weighted by atomic mass is 9.82. The van der Waals surface area contributed by atoms with Crippen molar-refractivity contribution in [3.8, 4) is 28.7 Å². The molecule has 2 N–H and O–H groups in total. The summed E-state index contributed by atoms with van der Waals surface area (Å²) in [5, 5.41) is 11.1. The Balaban J connectivity index is 0.00000289. The largest absolute Gasteiger partial charge is 0.496 e. The van der Waals surface area contributed by atoms with Gasteiger partial charge in [0.05, 0.1) is 29.0 Å². The smallest absolute Gasteiger partial charge is 0.344 e. The highest BCUT2D eigenvalue weighted by molar-refractivity contribution is 6.35. The van der Waals surface area contributed by atoms with Gasteiger partial charge >= 0.3 is 5.63 Å². The molecule has 1 aliphatic rings. The number of hydrogen-bond acceptors (Lipinski definition) is 7. The average Bonchev–Trinajstić information content (AvgIpc) is 2.83. The van der Waals surface area contributed by atoms with Crippen molar-refractivity contribution in [2.75, 3.05) is 7.11 Å². The molecule has 0 saturated heterocycles. The summed E-state index contributed by atoms with van der Waals surface area (Å²) in [4.78, 5) is 17.2. The fraction of sp³-hybridized carbons (Fsp3) is 0.115. The fourth-order valence-electron chi connectivity index (χ4n) is 4.12. The molecule has 1 atom stereocenters. The number of pyridine rings is 1. The zero-order chi connectivity index (χ0) is 24.0. The van der Waals surface area contributed by atoms with Crippen molar-refractivity contribution in [1.29, 1.82) is 5.26 Å². The standard InChI is InChI=1S/C25H15Cl2N3O4.CH4/c1-32-18-7-6-12(8-14(18)16-11-30-20(27)9-17(16)26)21-15(10-28)24(29)34-23-13-4-2-3-5-19(13)33-25(31)22(21)23;/h2-9,11,21H,29H2,1H3;1H4. The Morgan fingerprint density at radius 3 is 2.63 bits per heavy atom. The molecule has 0 spiro atoms. The number of nitrogens with zero attached hydrogens (tertiary/aromatic N) is 2. The van der Waals surface area contributed by atoms with Crippen LogP contribution in [0.4, 0.5) is 0 Å². The van der Waals surface area contributed by atoms with E-state index in [4.69, 9.17) is 42.8 Å². The summed E-state index contributed by atoms with van der Waals surface area (Å²) in [7, 11) is 1.53. The van der Waals surface area contributed by atoms with Crippen LogP contribution in [-0.4, -0.2) is 12.1 Å². The third-order valence-electron chi connectivity index (χ3n) is 5.64. The molecule has 3 heterocycles. The van der Waals surface area contributed by atoms with Crippen LogP contribution in [0.3, 0.4) is 0 Å². The van der Waals surface area contributed by atoms with Crippen molar-refractivity contribution in [1.82, 2.24) is 4.98 Å². The van der Waals surface area contributed by atoms with Gasteiger partial charge in [-0.25, -0.2) is 9.78 Å². The molecule has 0 aliphatic carbocycles. The first kappa shape index (κ1) is 24.1. The SMILES string of the molecule is C.COc1ccc(C2C(C#N)=C(N)Oc3c2c(=O)oc2ccccc32)cc1-c1cnc(Cl)cc1Cl. The van der Waals surface area contributed by atoms with Gasteiger partial charge < -0.3 is 19.6 Å². The minimum Gasteiger partial charge on any atom is -0.496 e. The molecular formula is C26H19Cl2N3O4. The highest BCUT2D eigenvalue weighted by atomic mass is 35.5. The number of halogens is 2. The van der Waals surface area contributed by atoms with Crippen LogP contribution in [0.5, 0.6) is 11.5 Å². The van der Waals surface area contributed by atoms with Crippen LogP contribution in [-0.2, 0) is 0 Å². The van der Waals surface area contributed by atoms with Crippen molar-refractivity contribution < 1.29 is 13.9 Å². The number of aromatic nitrogens is 1. The molecule has 4 aromatic rings. The predicted molar refractivity (Wildman–Crippen MR) is 135 cm³/mol. The number of benzene rings is 2. The van der Waals surface area contributed by atoms with Crippen molar-refractivity contribution in [3.63, 3.8) is 0 Å². The van der Waals surface area contributed by atoms with Gasteiger partial charge in [-0.05, 0) is 35.9 Å². The molecule has 0 radical (unpaired) electrons. The van der Waals surface area contributed by atoms with Crippen LogP contribution in [0.15, 0.2) is 75.4 Å². The number of fused-ring (bicyclic) bond motifs is 3. The first-order chi connectivity index (χ1) is 16.4. The van der Waals surface area contributed by atoms with E-state index in [0.29, 0.717) is 38.4 Å². The summed E-state index contributed by atoms with van der Waals surface area (Å²) in [6, 6.07) is 15.8. The van der Waals surface area contributed by atoms with Crippen LogP contribution in [0.2, 0.25) is 10.2 Å². The van der Waals surface area contributed by atoms with E-state index in [-0.39, 0.29) is 35.3 Å². The van der Waals surface area contributed by atoms with Gasteiger partial charge in [0.2, 0.25) is 5.88 Å². The second kappa shape index (κ2) is 9.34. The second-order valence-corrected chi connectivity index (χ2v) is 8.29. The first-order valence-corrected chi connectivity index (χ1v) is 10.8. The van der Waals surface area contributed by atoms with E-state index in [0.717, 1.165) is 0 Å². The molecule has 1 aliphatic heterocycles. The number of allylic oxidation sites excluding steroid dienone is 1. The van der Waals surface area contributed by atoms with Crippen LogP contribution >= 0.6 is 23.2 Å². The molecule has 9 heteroatoms. The van der Waals surface area contributed by atoms with E-state index in [9.17, 15) is 10.1 Å². The zero-order valence-electron chi connectivity index (χ0n) is 17.6. The summed E-state index contributed by atoms with van der Waals surface area (Å²) in [5.74, 6) is -0.141. The van der Waals surface area contributed by atoms with E-state index < -0.39 is 11.5 Å². The van der Waals surface area contributed by atoms with E-state index in [1.54, 1.807) is 42.5 Å². The van der Waals surface area contributed by atoms with Crippen molar-refractivity contribution >= 4 is 34.2 Å². The number of hydrogen-bond donors (Lipinski definition) is 1. The molecule has 5 rings (SSSR count). The molecule has 176 valence electrons. The van der Waals surface area contributed by atoms with E-state index in [2.05, 4.69) is 11.1 Å². The topological polar surface area (TPSA) is 111 Å². The quantitative estimate of drug-likeness (QED) is 0.266. The van der Waals surface area contributed by atoms with Gasteiger partial charge in [-0.3, -0.25) is 0 Å². The Morgan fingerprint density at radius 2 is 1.91 bits per heavy atom. The van der Waals surface area contributed by atoms with Gasteiger partial charge in [-0.2, -0.15) is 5.26 Å². The van der Waals surface area contributed by atoms with Gasteiger partial charge in [-0.15, -0.1) is 0 Å². The minimum absolute atomic E-state index is 0. The van der Waals surface area contributed by atoms with Crippen LogP contribution in [0.1, 0.15) is 24.5 Å². The van der Waals surface area contributed by atoms with Crippen molar-refractivity contribution in [3.05, 3.63) is 97.9 Å². The Hall–Kier alpha value is -3.99.